The highest BCUT2D eigenvalue weighted by atomic mass is 19.1. The Morgan fingerprint density at radius 3 is 2.73 bits per heavy atom. The summed E-state index contributed by atoms with van der Waals surface area (Å²) in [5.41, 5.74) is 1.56. The van der Waals surface area contributed by atoms with Crippen LogP contribution in [0, 0.1) is 17.0 Å². The van der Waals surface area contributed by atoms with Crippen molar-refractivity contribution in [3.63, 3.8) is 0 Å². The van der Waals surface area contributed by atoms with Gasteiger partial charge in [-0.05, 0) is 67.3 Å². The van der Waals surface area contributed by atoms with Crippen molar-refractivity contribution in [3.8, 4) is 5.88 Å². The van der Waals surface area contributed by atoms with Crippen LogP contribution in [-0.2, 0) is 6.42 Å². The Morgan fingerprint density at radius 2 is 2.08 bits per heavy atom. The van der Waals surface area contributed by atoms with Crippen LogP contribution in [0.3, 0.4) is 0 Å². The minimum Gasteiger partial charge on any atom is -0.471 e. The summed E-state index contributed by atoms with van der Waals surface area (Å²) in [6.45, 7) is 10.4. The van der Waals surface area contributed by atoms with Gasteiger partial charge in [-0.1, -0.05) is 26.8 Å². The molecule has 37 heavy (non-hydrogen) atoms. The Balaban J connectivity index is 1.48. The van der Waals surface area contributed by atoms with Gasteiger partial charge in [0.25, 0.3) is 5.91 Å². The second-order valence-corrected chi connectivity index (χ2v) is 11.6. The summed E-state index contributed by atoms with van der Waals surface area (Å²) >= 11 is 0. The van der Waals surface area contributed by atoms with E-state index in [1.54, 1.807) is 6.08 Å². The first-order valence-electron chi connectivity index (χ1n) is 12.9. The fraction of sp³-hybridized carbons (Fsp3) is 0.517. The maximum Gasteiger partial charge on any atom is 0.254 e. The number of carbonyl (C=O) groups excluding carboxylic acids is 1. The molecule has 4 rings (SSSR count). The first kappa shape index (κ1) is 27.2. The lowest BCUT2D eigenvalue weighted by molar-refractivity contribution is -0.0420. The summed E-state index contributed by atoms with van der Waals surface area (Å²) in [5.74, 6) is -1.69. The van der Waals surface area contributed by atoms with Gasteiger partial charge >= 0.3 is 0 Å². The summed E-state index contributed by atoms with van der Waals surface area (Å²) < 4.78 is 34.0. The van der Waals surface area contributed by atoms with E-state index in [2.05, 4.69) is 49.0 Å². The van der Waals surface area contributed by atoms with E-state index >= 15 is 0 Å². The molecule has 0 unspecified atom stereocenters. The molecule has 1 fully saturated rings. The second kappa shape index (κ2) is 10.9. The van der Waals surface area contributed by atoms with Crippen LogP contribution >= 0.6 is 0 Å². The van der Waals surface area contributed by atoms with Gasteiger partial charge in [0, 0.05) is 30.8 Å². The van der Waals surface area contributed by atoms with E-state index in [-0.39, 0.29) is 30.0 Å². The van der Waals surface area contributed by atoms with Gasteiger partial charge in [0.1, 0.15) is 17.2 Å². The van der Waals surface area contributed by atoms with E-state index in [4.69, 9.17) is 4.74 Å². The van der Waals surface area contributed by atoms with E-state index in [9.17, 15) is 18.7 Å². The minimum atomic E-state index is -0.993. The molecular formula is C29H37F2N3O3. The zero-order chi connectivity index (χ0) is 26.8. The molecule has 8 heteroatoms. The molecule has 200 valence electrons. The van der Waals surface area contributed by atoms with Crippen LogP contribution in [0.2, 0.25) is 0 Å². The van der Waals surface area contributed by atoms with Crippen molar-refractivity contribution < 1.29 is 23.4 Å². The summed E-state index contributed by atoms with van der Waals surface area (Å²) in [7, 11) is 0. The van der Waals surface area contributed by atoms with E-state index in [1.807, 2.05) is 6.20 Å². The van der Waals surface area contributed by atoms with Gasteiger partial charge in [0.2, 0.25) is 5.88 Å². The molecule has 3 atom stereocenters. The van der Waals surface area contributed by atoms with Crippen LogP contribution in [0.25, 0.3) is 0 Å². The Morgan fingerprint density at radius 1 is 1.32 bits per heavy atom. The van der Waals surface area contributed by atoms with E-state index in [0.717, 1.165) is 61.4 Å². The van der Waals surface area contributed by atoms with Gasteiger partial charge in [-0.15, -0.1) is 6.58 Å². The Labute approximate surface area is 217 Å². The number of amides is 1. The predicted molar refractivity (Wildman–Crippen MR) is 138 cm³/mol. The lowest BCUT2D eigenvalue weighted by Gasteiger charge is -2.47. The average molecular weight is 514 g/mol. The fourth-order valence-electron chi connectivity index (χ4n) is 5.16. The summed E-state index contributed by atoms with van der Waals surface area (Å²) in [6, 6.07) is 4.03. The molecule has 2 aromatic rings. The van der Waals surface area contributed by atoms with Gasteiger partial charge in [-0.3, -0.25) is 4.79 Å². The van der Waals surface area contributed by atoms with E-state index in [0.29, 0.717) is 5.88 Å². The first-order chi connectivity index (χ1) is 17.5. The van der Waals surface area contributed by atoms with E-state index < -0.39 is 35.3 Å². The third kappa shape index (κ3) is 6.54. The van der Waals surface area contributed by atoms with Crippen molar-refractivity contribution in [2.45, 2.75) is 83.1 Å². The van der Waals surface area contributed by atoms with Crippen LogP contribution in [0.4, 0.5) is 8.78 Å². The van der Waals surface area contributed by atoms with Crippen molar-refractivity contribution in [2.24, 2.45) is 5.41 Å². The number of carbonyl (C=O) groups is 1. The Bertz CT molecular complexity index is 1140. The maximum atomic E-state index is 14.1. The number of aliphatic hydroxyl groups is 1. The molecule has 3 N–H and O–H groups in total. The first-order valence-corrected chi connectivity index (χ1v) is 12.9. The smallest absolute Gasteiger partial charge is 0.254 e. The highest BCUT2D eigenvalue weighted by molar-refractivity contribution is 5.94. The topological polar surface area (TPSA) is 83.5 Å². The third-order valence-corrected chi connectivity index (χ3v) is 7.15. The van der Waals surface area contributed by atoms with Crippen LogP contribution in [0.15, 0.2) is 43.1 Å². The number of hydrogen-bond donors (Lipinski definition) is 3. The molecule has 0 saturated heterocycles. The molecule has 0 radical (unpaired) electrons. The molecule has 1 aromatic carbocycles. The number of pyridine rings is 1. The van der Waals surface area contributed by atoms with Crippen LogP contribution < -0.4 is 15.4 Å². The zero-order valence-corrected chi connectivity index (χ0v) is 21.8. The summed E-state index contributed by atoms with van der Waals surface area (Å²) in [4.78, 5) is 17.3. The SMILES string of the molecule is C=CC[C@H](NC(=O)c1cc(F)ccc1F)[C@H](O)CN[C@H]1CC2(CCC2)Oc2ncc(CC(C)(C)C)cc21. The largest absolute Gasteiger partial charge is 0.471 e. The maximum absolute atomic E-state index is 14.1. The molecule has 1 amide bonds. The summed E-state index contributed by atoms with van der Waals surface area (Å²) in [5, 5.41) is 17.1. The van der Waals surface area contributed by atoms with Gasteiger partial charge in [0.15, 0.2) is 0 Å². The normalized spacial score (nSPS) is 19.8. The van der Waals surface area contributed by atoms with Crippen molar-refractivity contribution in [1.82, 2.24) is 15.6 Å². The van der Waals surface area contributed by atoms with Gasteiger partial charge in [-0.2, -0.15) is 0 Å². The molecule has 1 saturated carbocycles. The zero-order valence-electron chi connectivity index (χ0n) is 21.8. The molecule has 1 spiro atoms. The van der Waals surface area contributed by atoms with Crippen molar-refractivity contribution in [2.75, 3.05) is 6.54 Å². The molecule has 1 aliphatic heterocycles. The third-order valence-electron chi connectivity index (χ3n) is 7.15. The lowest BCUT2D eigenvalue weighted by Crippen LogP contribution is -2.52. The number of benzene rings is 1. The summed E-state index contributed by atoms with van der Waals surface area (Å²) in [6.07, 6.45) is 7.40. The minimum absolute atomic E-state index is 0.0770. The number of nitrogens with one attached hydrogen (secondary N) is 2. The van der Waals surface area contributed by atoms with Crippen molar-refractivity contribution >= 4 is 5.91 Å². The lowest BCUT2D eigenvalue weighted by atomic mass is 9.73. The van der Waals surface area contributed by atoms with Crippen molar-refractivity contribution in [3.05, 3.63) is 71.4 Å². The van der Waals surface area contributed by atoms with Gasteiger partial charge < -0.3 is 20.5 Å². The van der Waals surface area contributed by atoms with E-state index in [1.165, 1.54) is 0 Å². The number of rotatable bonds is 9. The monoisotopic (exact) mass is 513 g/mol. The van der Waals surface area contributed by atoms with Crippen LogP contribution in [-0.4, -0.2) is 40.3 Å². The highest BCUT2D eigenvalue weighted by Crippen LogP contribution is 2.48. The van der Waals surface area contributed by atoms with Gasteiger partial charge in [0.05, 0.1) is 17.7 Å². The Hall–Kier alpha value is -2.84. The number of halogens is 2. The average Bonchev–Trinajstić information content (AvgIpc) is 2.81. The van der Waals surface area contributed by atoms with Crippen LogP contribution in [0.5, 0.6) is 5.88 Å². The van der Waals surface area contributed by atoms with Crippen LogP contribution in [0.1, 0.15) is 80.4 Å². The molecular weight excluding hydrogens is 476 g/mol. The standard InChI is InChI=1S/C29H37F2N3O3/c1-5-7-23(34-26(36)20-13-19(30)8-9-22(20)31)25(35)17-32-24-15-29(10-6-11-29)37-27-21(24)12-18(16-33-27)14-28(2,3)4/h5,8-9,12-13,16,23-25,32,35H,1,6-7,10-11,14-15,17H2,2-4H3,(H,34,36)/t23-,24-,25+/m0/s1. The second-order valence-electron chi connectivity index (χ2n) is 11.6. The quantitative estimate of drug-likeness (QED) is 0.410. The molecule has 1 aliphatic carbocycles. The number of hydrogen-bond acceptors (Lipinski definition) is 5. The molecule has 1 aromatic heterocycles. The number of fused-ring (bicyclic) bond motifs is 1. The molecule has 0 bridgehead atoms. The Kier molecular flexibility index (Phi) is 7.99. The molecule has 2 aliphatic rings. The number of ether oxygens (including phenoxy) is 1. The molecule has 6 nitrogen and oxygen atoms in total. The molecule has 2 heterocycles. The van der Waals surface area contributed by atoms with Crippen molar-refractivity contribution in [1.29, 1.82) is 0 Å². The number of aromatic nitrogens is 1. The fourth-order valence-corrected chi connectivity index (χ4v) is 5.16. The number of aliphatic hydroxyl groups excluding tert-OH is 1. The van der Waals surface area contributed by atoms with Gasteiger partial charge in [-0.25, -0.2) is 13.8 Å². The highest BCUT2D eigenvalue weighted by Gasteiger charge is 2.46. The predicted octanol–water partition coefficient (Wildman–Crippen LogP) is 5.02. The number of nitrogens with zero attached hydrogens (tertiary/aromatic N) is 1.